The van der Waals surface area contributed by atoms with E-state index in [1.54, 1.807) is 0 Å². The van der Waals surface area contributed by atoms with Gasteiger partial charge < -0.3 is 10.1 Å². The van der Waals surface area contributed by atoms with E-state index in [2.05, 4.69) is 4.98 Å². The van der Waals surface area contributed by atoms with Crippen molar-refractivity contribution in [1.29, 1.82) is 0 Å². The van der Waals surface area contributed by atoms with Crippen LogP contribution in [0.1, 0.15) is 35.1 Å². The van der Waals surface area contributed by atoms with Crippen molar-refractivity contribution in [3.63, 3.8) is 0 Å². The fourth-order valence-electron chi connectivity index (χ4n) is 1.87. The van der Waals surface area contributed by atoms with E-state index in [-0.39, 0.29) is 0 Å². The molecule has 2 N–H and O–H groups in total. The molecule has 0 radical (unpaired) electrons. The minimum absolute atomic E-state index is 0.387. The van der Waals surface area contributed by atoms with Gasteiger partial charge in [-0.2, -0.15) is 0 Å². The second-order valence-electron chi connectivity index (χ2n) is 3.91. The Kier molecular flexibility index (Phi) is 1.59. The number of amides is 1. The quantitative estimate of drug-likeness (QED) is 0.796. The van der Waals surface area contributed by atoms with Crippen LogP contribution in [0.2, 0.25) is 0 Å². The highest BCUT2D eigenvalue weighted by Gasteiger charge is 2.29. The molecule has 0 aromatic carbocycles. The maximum Gasteiger partial charge on any atom is 0.269 e. The Hall–Kier alpha value is -1.84. The first-order valence-electron chi connectivity index (χ1n) is 5.04. The normalized spacial score (nSPS) is 15.7. The molecule has 1 amide bonds. The van der Waals surface area contributed by atoms with Crippen molar-refractivity contribution in [3.05, 3.63) is 35.9 Å². The zero-order valence-electron chi connectivity index (χ0n) is 8.18. The summed E-state index contributed by atoms with van der Waals surface area (Å²) >= 11 is 0. The molecular weight excluding hydrogens is 190 g/mol. The fraction of sp³-hybridized carbons (Fsp3) is 0.273. The Morgan fingerprint density at radius 1 is 1.47 bits per heavy atom. The van der Waals surface area contributed by atoms with Gasteiger partial charge in [-0.1, -0.05) is 6.07 Å². The third-order valence-corrected chi connectivity index (χ3v) is 2.75. The van der Waals surface area contributed by atoms with Gasteiger partial charge in [0.2, 0.25) is 0 Å². The number of hydrogen-bond donors (Lipinski definition) is 1. The first-order chi connectivity index (χ1) is 7.27. The van der Waals surface area contributed by atoms with E-state index in [1.165, 1.54) is 0 Å². The van der Waals surface area contributed by atoms with Gasteiger partial charge in [-0.3, -0.25) is 4.79 Å². The van der Waals surface area contributed by atoms with Crippen LogP contribution in [0, 0.1) is 0 Å². The van der Waals surface area contributed by atoms with Gasteiger partial charge in [0.15, 0.2) is 5.69 Å². The number of nitrogens with zero attached hydrogens (tertiary/aromatic N) is 2. The minimum Gasteiger partial charge on any atom is -0.364 e. The summed E-state index contributed by atoms with van der Waals surface area (Å²) < 4.78 is 1.97. The number of imidazole rings is 1. The van der Waals surface area contributed by atoms with Crippen molar-refractivity contribution in [3.8, 4) is 0 Å². The van der Waals surface area contributed by atoms with E-state index in [0.29, 0.717) is 11.6 Å². The lowest BCUT2D eigenvalue weighted by atomic mass is 10.3. The maximum atomic E-state index is 11.2. The Morgan fingerprint density at radius 2 is 2.27 bits per heavy atom. The molecule has 1 aliphatic carbocycles. The summed E-state index contributed by atoms with van der Waals surface area (Å²) in [5.41, 5.74) is 6.50. The average Bonchev–Trinajstić information content (AvgIpc) is 2.99. The van der Waals surface area contributed by atoms with Crippen LogP contribution in [0.5, 0.6) is 0 Å². The van der Waals surface area contributed by atoms with Crippen LogP contribution < -0.4 is 5.73 Å². The number of carbonyl (C=O) groups excluding carboxylic acids is 1. The summed E-state index contributed by atoms with van der Waals surface area (Å²) in [6.45, 7) is 0. The van der Waals surface area contributed by atoms with Crippen molar-refractivity contribution >= 4 is 11.4 Å². The lowest BCUT2D eigenvalue weighted by Gasteiger charge is -1.96. The Labute approximate surface area is 86.7 Å². The van der Waals surface area contributed by atoms with Crippen LogP contribution in [0.25, 0.3) is 5.52 Å². The third-order valence-electron chi connectivity index (χ3n) is 2.75. The lowest BCUT2D eigenvalue weighted by Crippen LogP contribution is -2.11. The largest absolute Gasteiger partial charge is 0.364 e. The molecule has 76 valence electrons. The fourth-order valence-corrected chi connectivity index (χ4v) is 1.87. The Bertz CT molecular complexity index is 540. The molecule has 0 bridgehead atoms. The number of nitrogens with two attached hydrogens (primary N) is 1. The first-order valence-corrected chi connectivity index (χ1v) is 5.04. The van der Waals surface area contributed by atoms with Crippen LogP contribution >= 0.6 is 0 Å². The van der Waals surface area contributed by atoms with E-state index >= 15 is 0 Å². The molecular formula is C11H11N3O. The monoisotopic (exact) mass is 201 g/mol. The van der Waals surface area contributed by atoms with Gasteiger partial charge in [-0.05, 0) is 25.0 Å². The summed E-state index contributed by atoms with van der Waals surface area (Å²) in [4.78, 5) is 15.6. The van der Waals surface area contributed by atoms with Crippen LogP contribution in [0.3, 0.4) is 0 Å². The highest BCUT2D eigenvalue weighted by atomic mass is 16.1. The van der Waals surface area contributed by atoms with Gasteiger partial charge in [0, 0.05) is 12.1 Å². The standard InChI is InChI=1S/C11H11N3O/c12-10(15)9-8-3-1-2-6-14(8)11(13-9)7-4-5-7/h1-3,6-7H,4-5H2,(H2,12,15). The Balaban J connectivity index is 2.32. The third kappa shape index (κ3) is 1.21. The van der Waals surface area contributed by atoms with Crippen LogP contribution in [-0.2, 0) is 0 Å². The molecule has 0 unspecified atom stereocenters. The molecule has 1 aliphatic rings. The second-order valence-corrected chi connectivity index (χ2v) is 3.91. The lowest BCUT2D eigenvalue weighted by molar-refractivity contribution is 0.0997. The van der Waals surface area contributed by atoms with Crippen molar-refractivity contribution in [2.24, 2.45) is 5.73 Å². The smallest absolute Gasteiger partial charge is 0.269 e. The van der Waals surface area contributed by atoms with E-state index < -0.39 is 5.91 Å². The molecule has 1 fully saturated rings. The average molecular weight is 201 g/mol. The summed E-state index contributed by atoms with van der Waals surface area (Å²) in [6, 6.07) is 5.70. The molecule has 0 atom stereocenters. The number of aromatic nitrogens is 2. The number of rotatable bonds is 2. The van der Waals surface area contributed by atoms with Gasteiger partial charge in [-0.25, -0.2) is 4.98 Å². The van der Waals surface area contributed by atoms with Gasteiger partial charge >= 0.3 is 0 Å². The Morgan fingerprint density at radius 3 is 2.93 bits per heavy atom. The summed E-state index contributed by atoms with van der Waals surface area (Å²) in [7, 11) is 0. The molecule has 2 aromatic heterocycles. The zero-order valence-corrected chi connectivity index (χ0v) is 8.18. The van der Waals surface area contributed by atoms with Crippen LogP contribution in [0.15, 0.2) is 24.4 Å². The molecule has 2 heterocycles. The van der Waals surface area contributed by atoms with Crippen LogP contribution in [-0.4, -0.2) is 15.3 Å². The predicted octanol–water partition coefficient (Wildman–Crippen LogP) is 1.31. The molecule has 4 nitrogen and oxygen atoms in total. The molecule has 0 spiro atoms. The highest BCUT2D eigenvalue weighted by molar-refractivity contribution is 5.98. The molecule has 15 heavy (non-hydrogen) atoms. The first kappa shape index (κ1) is 8.47. The van der Waals surface area contributed by atoms with Crippen molar-refractivity contribution < 1.29 is 4.79 Å². The van der Waals surface area contributed by atoms with E-state index in [9.17, 15) is 4.79 Å². The van der Waals surface area contributed by atoms with E-state index in [4.69, 9.17) is 5.73 Å². The number of carbonyl (C=O) groups is 1. The van der Waals surface area contributed by atoms with E-state index in [0.717, 1.165) is 24.2 Å². The van der Waals surface area contributed by atoms with Crippen molar-refractivity contribution in [2.45, 2.75) is 18.8 Å². The van der Waals surface area contributed by atoms with Gasteiger partial charge in [-0.15, -0.1) is 0 Å². The maximum absolute atomic E-state index is 11.2. The number of pyridine rings is 1. The number of fused-ring (bicyclic) bond motifs is 1. The van der Waals surface area contributed by atoms with E-state index in [1.807, 2.05) is 28.8 Å². The SMILES string of the molecule is NC(=O)c1nc(C2CC2)n2ccccc12. The summed E-state index contributed by atoms with van der Waals surface area (Å²) in [6.07, 6.45) is 4.25. The number of hydrogen-bond acceptors (Lipinski definition) is 2. The minimum atomic E-state index is -0.453. The second kappa shape index (κ2) is 2.82. The summed E-state index contributed by atoms with van der Waals surface area (Å²) in [5, 5.41) is 0. The topological polar surface area (TPSA) is 60.4 Å². The molecule has 2 aromatic rings. The van der Waals surface area contributed by atoms with Crippen molar-refractivity contribution in [1.82, 2.24) is 9.38 Å². The molecule has 4 heteroatoms. The predicted molar refractivity (Wildman–Crippen MR) is 55.7 cm³/mol. The highest BCUT2D eigenvalue weighted by Crippen LogP contribution is 2.39. The molecule has 3 rings (SSSR count). The van der Waals surface area contributed by atoms with Gasteiger partial charge in [0.1, 0.15) is 5.82 Å². The zero-order chi connectivity index (χ0) is 10.4. The number of primary amides is 1. The molecule has 1 saturated carbocycles. The van der Waals surface area contributed by atoms with Gasteiger partial charge in [0.25, 0.3) is 5.91 Å². The molecule has 0 aliphatic heterocycles. The van der Waals surface area contributed by atoms with Gasteiger partial charge in [0.05, 0.1) is 5.52 Å². The van der Waals surface area contributed by atoms with Crippen molar-refractivity contribution in [2.75, 3.05) is 0 Å². The summed E-state index contributed by atoms with van der Waals surface area (Å²) in [5.74, 6) is 1.03. The van der Waals surface area contributed by atoms with Crippen LogP contribution in [0.4, 0.5) is 0 Å². The molecule has 0 saturated heterocycles.